The highest BCUT2D eigenvalue weighted by atomic mass is 16.1. The Labute approximate surface area is 206 Å². The van der Waals surface area contributed by atoms with Gasteiger partial charge in [-0.25, -0.2) is 4.98 Å². The second-order valence-corrected chi connectivity index (χ2v) is 8.84. The van der Waals surface area contributed by atoms with Gasteiger partial charge in [0.25, 0.3) is 0 Å². The largest absolute Gasteiger partial charge is 0.335 e. The lowest BCUT2D eigenvalue weighted by Crippen LogP contribution is -2.17. The molecule has 1 amide bonds. The van der Waals surface area contributed by atoms with Gasteiger partial charge in [0, 0.05) is 47.2 Å². The van der Waals surface area contributed by atoms with Crippen LogP contribution in [0.1, 0.15) is 13.8 Å². The molecule has 1 aromatic carbocycles. The molecule has 0 atom stereocenters. The summed E-state index contributed by atoms with van der Waals surface area (Å²) in [4.78, 5) is 33.2. The summed E-state index contributed by atoms with van der Waals surface area (Å²) < 4.78 is 0. The van der Waals surface area contributed by atoms with Gasteiger partial charge in [-0.15, -0.1) is 0 Å². The molecule has 5 aromatic heterocycles. The van der Waals surface area contributed by atoms with Gasteiger partial charge in [0.15, 0.2) is 5.82 Å². The van der Waals surface area contributed by atoms with Crippen LogP contribution in [-0.2, 0) is 4.79 Å². The van der Waals surface area contributed by atoms with Gasteiger partial charge in [-0.05, 0) is 41.5 Å². The molecular formula is C27H22N8O. The van der Waals surface area contributed by atoms with Crippen LogP contribution in [0, 0.1) is 5.92 Å². The van der Waals surface area contributed by atoms with Crippen LogP contribution in [-0.4, -0.2) is 41.0 Å². The predicted octanol–water partition coefficient (Wildman–Crippen LogP) is 5.22. The highest BCUT2D eigenvalue weighted by molar-refractivity contribution is 5.98. The molecular weight excluding hydrogens is 452 g/mol. The summed E-state index contributed by atoms with van der Waals surface area (Å²) in [5, 5.41) is 11.5. The number of anilines is 1. The third-order valence-corrected chi connectivity index (χ3v) is 6.04. The van der Waals surface area contributed by atoms with E-state index >= 15 is 0 Å². The number of carbonyl (C=O) groups excluding carboxylic acids is 1. The lowest BCUT2D eigenvalue weighted by atomic mass is 10.0. The minimum absolute atomic E-state index is 0.0490. The number of H-pyrrole nitrogens is 2. The Hall–Kier alpha value is -4.92. The van der Waals surface area contributed by atoms with Crippen LogP contribution in [0.3, 0.4) is 0 Å². The van der Waals surface area contributed by atoms with Gasteiger partial charge >= 0.3 is 0 Å². The van der Waals surface area contributed by atoms with E-state index in [1.165, 1.54) is 0 Å². The summed E-state index contributed by atoms with van der Waals surface area (Å²) in [6.07, 6.45) is 10.5. The highest BCUT2D eigenvalue weighted by Crippen LogP contribution is 2.33. The summed E-state index contributed by atoms with van der Waals surface area (Å²) in [7, 11) is 0. The topological polar surface area (TPSA) is 125 Å². The van der Waals surface area contributed by atoms with Crippen LogP contribution in [0.5, 0.6) is 0 Å². The van der Waals surface area contributed by atoms with E-state index in [4.69, 9.17) is 4.98 Å². The van der Waals surface area contributed by atoms with Gasteiger partial charge in [-0.2, -0.15) is 5.10 Å². The molecule has 0 spiro atoms. The number of rotatable bonds is 5. The van der Waals surface area contributed by atoms with Gasteiger partial charge in [0.1, 0.15) is 5.69 Å². The van der Waals surface area contributed by atoms with Gasteiger partial charge in [-0.3, -0.25) is 24.8 Å². The molecule has 5 heterocycles. The molecule has 0 bridgehead atoms. The molecule has 0 unspecified atom stereocenters. The van der Waals surface area contributed by atoms with Crippen molar-refractivity contribution in [3.05, 3.63) is 73.6 Å². The number of hydrogen-bond acceptors (Lipinski definition) is 6. The molecule has 0 radical (unpaired) electrons. The SMILES string of the molecule is CC(C)C(=O)Nc1cncc(-c2ccc3[nH]nc(-c4nc5c(-c6ccncc6)cncc5[nH]4)c3c2)c1. The number of amides is 1. The van der Waals surface area contributed by atoms with E-state index in [9.17, 15) is 4.79 Å². The van der Waals surface area contributed by atoms with Crippen molar-refractivity contribution in [1.82, 2.24) is 35.1 Å². The van der Waals surface area contributed by atoms with Crippen molar-refractivity contribution in [2.45, 2.75) is 13.8 Å². The number of aromatic amines is 2. The average molecular weight is 475 g/mol. The van der Waals surface area contributed by atoms with Crippen molar-refractivity contribution in [3.8, 4) is 33.8 Å². The molecule has 9 heteroatoms. The van der Waals surface area contributed by atoms with Crippen molar-refractivity contribution in [1.29, 1.82) is 0 Å². The Kier molecular flexibility index (Phi) is 5.22. The molecule has 176 valence electrons. The average Bonchev–Trinajstić information content (AvgIpc) is 3.53. The molecule has 9 nitrogen and oxygen atoms in total. The third kappa shape index (κ3) is 3.86. The van der Waals surface area contributed by atoms with E-state index in [-0.39, 0.29) is 11.8 Å². The number of fused-ring (bicyclic) bond motifs is 2. The smallest absolute Gasteiger partial charge is 0.226 e. The maximum Gasteiger partial charge on any atom is 0.226 e. The fourth-order valence-electron chi connectivity index (χ4n) is 4.11. The predicted molar refractivity (Wildman–Crippen MR) is 139 cm³/mol. The van der Waals surface area contributed by atoms with Crippen molar-refractivity contribution in [2.75, 3.05) is 5.32 Å². The highest BCUT2D eigenvalue weighted by Gasteiger charge is 2.16. The maximum absolute atomic E-state index is 12.1. The molecule has 0 aliphatic heterocycles. The number of imidazole rings is 1. The van der Waals surface area contributed by atoms with Gasteiger partial charge in [0.2, 0.25) is 5.91 Å². The third-order valence-electron chi connectivity index (χ3n) is 6.04. The normalized spacial score (nSPS) is 11.4. The van der Waals surface area contributed by atoms with Crippen molar-refractivity contribution in [3.63, 3.8) is 0 Å². The number of nitrogens with zero attached hydrogens (tertiary/aromatic N) is 5. The molecule has 0 aliphatic carbocycles. The van der Waals surface area contributed by atoms with Crippen LogP contribution in [0.15, 0.2) is 73.6 Å². The first-order valence-corrected chi connectivity index (χ1v) is 11.6. The zero-order valence-electron chi connectivity index (χ0n) is 19.6. The lowest BCUT2D eigenvalue weighted by Gasteiger charge is -2.09. The van der Waals surface area contributed by atoms with Gasteiger partial charge in [-0.1, -0.05) is 19.9 Å². The molecule has 6 aromatic rings. The molecule has 0 fully saturated rings. The number of aromatic nitrogens is 7. The van der Waals surface area contributed by atoms with E-state index in [2.05, 4.69) is 41.5 Å². The van der Waals surface area contributed by atoms with Gasteiger partial charge < -0.3 is 10.3 Å². The zero-order valence-corrected chi connectivity index (χ0v) is 19.6. The summed E-state index contributed by atoms with van der Waals surface area (Å²) in [5.74, 6) is 0.483. The molecule has 6 rings (SSSR count). The van der Waals surface area contributed by atoms with Crippen molar-refractivity contribution >= 4 is 33.5 Å². The number of nitrogens with one attached hydrogen (secondary N) is 3. The van der Waals surface area contributed by atoms with Crippen LogP contribution >= 0.6 is 0 Å². The molecule has 0 aliphatic rings. The summed E-state index contributed by atoms with van der Waals surface area (Å²) in [6.45, 7) is 3.71. The van der Waals surface area contributed by atoms with E-state index in [1.807, 2.05) is 44.2 Å². The van der Waals surface area contributed by atoms with E-state index in [0.717, 1.165) is 44.2 Å². The minimum atomic E-state index is -0.114. The first-order valence-electron chi connectivity index (χ1n) is 11.6. The molecule has 0 saturated carbocycles. The Morgan fingerprint density at radius 3 is 2.53 bits per heavy atom. The zero-order chi connectivity index (χ0) is 24.6. The first-order chi connectivity index (χ1) is 17.6. The summed E-state index contributed by atoms with van der Waals surface area (Å²) in [5.41, 5.74) is 7.65. The van der Waals surface area contributed by atoms with E-state index < -0.39 is 0 Å². The van der Waals surface area contributed by atoms with Crippen molar-refractivity contribution < 1.29 is 4.79 Å². The standard InChI is InChI=1S/C27H22N8O/c1-15(2)27(36)31-19-9-18(11-29-12-19)17-3-4-22-20(10-17)25(35-34-22)26-32-23-14-30-13-21(24(23)33-26)16-5-7-28-8-6-16/h3-15H,1-2H3,(H,31,36)(H,32,33)(H,34,35). The van der Waals surface area contributed by atoms with Crippen LogP contribution < -0.4 is 5.32 Å². The second kappa shape index (κ2) is 8.70. The van der Waals surface area contributed by atoms with E-state index in [0.29, 0.717) is 17.2 Å². The number of pyridine rings is 3. The second-order valence-electron chi connectivity index (χ2n) is 8.84. The van der Waals surface area contributed by atoms with E-state index in [1.54, 1.807) is 37.2 Å². The Bertz CT molecular complexity index is 1720. The number of benzene rings is 1. The van der Waals surface area contributed by atoms with Crippen LogP contribution in [0.4, 0.5) is 5.69 Å². The molecule has 3 N–H and O–H groups in total. The first kappa shape index (κ1) is 21.6. The Balaban J connectivity index is 1.41. The lowest BCUT2D eigenvalue weighted by molar-refractivity contribution is -0.118. The summed E-state index contributed by atoms with van der Waals surface area (Å²) in [6, 6.07) is 11.8. The van der Waals surface area contributed by atoms with Gasteiger partial charge in [0.05, 0.1) is 34.6 Å². The maximum atomic E-state index is 12.1. The summed E-state index contributed by atoms with van der Waals surface area (Å²) >= 11 is 0. The fraction of sp³-hybridized carbons (Fsp3) is 0.111. The van der Waals surface area contributed by atoms with Crippen molar-refractivity contribution in [2.24, 2.45) is 5.92 Å². The quantitative estimate of drug-likeness (QED) is 0.315. The number of carbonyl (C=O) groups is 1. The number of hydrogen-bond donors (Lipinski definition) is 3. The fourth-order valence-corrected chi connectivity index (χ4v) is 4.11. The van der Waals surface area contributed by atoms with Crippen LogP contribution in [0.25, 0.3) is 55.7 Å². The minimum Gasteiger partial charge on any atom is -0.335 e. The molecule has 36 heavy (non-hydrogen) atoms. The monoisotopic (exact) mass is 474 g/mol. The van der Waals surface area contributed by atoms with Crippen LogP contribution in [0.2, 0.25) is 0 Å². The Morgan fingerprint density at radius 1 is 0.861 bits per heavy atom. The Morgan fingerprint density at radius 2 is 1.69 bits per heavy atom. The molecule has 0 saturated heterocycles.